The maximum atomic E-state index is 12.5. The Hall–Kier alpha value is -0.920. The van der Waals surface area contributed by atoms with Gasteiger partial charge in [-0.05, 0) is 13.1 Å². The molecule has 0 aliphatic carbocycles. The van der Waals surface area contributed by atoms with Gasteiger partial charge in [-0.1, -0.05) is 13.8 Å². The Labute approximate surface area is 96.0 Å². The molecule has 102 valence electrons. The van der Waals surface area contributed by atoms with Crippen molar-refractivity contribution in [2.24, 2.45) is 0 Å². The minimum atomic E-state index is -5.85. The van der Waals surface area contributed by atoms with Crippen molar-refractivity contribution in [3.05, 3.63) is 0 Å². The van der Waals surface area contributed by atoms with Crippen molar-refractivity contribution in [3.63, 3.8) is 0 Å². The molecule has 17 heavy (non-hydrogen) atoms. The van der Waals surface area contributed by atoms with Crippen molar-refractivity contribution < 1.29 is 26.7 Å². The third-order valence-corrected chi connectivity index (χ3v) is 2.25. The lowest BCUT2D eigenvalue weighted by atomic mass is 10.3. The van der Waals surface area contributed by atoms with Gasteiger partial charge >= 0.3 is 12.1 Å². The molecule has 0 spiro atoms. The molecule has 0 heterocycles. The maximum Gasteiger partial charge on any atom is 0.463 e. The second kappa shape index (κ2) is 6.13. The Morgan fingerprint density at radius 2 is 1.59 bits per heavy atom. The zero-order valence-corrected chi connectivity index (χ0v) is 9.57. The first-order valence-corrected chi connectivity index (χ1v) is 5.12. The first-order chi connectivity index (χ1) is 7.66. The van der Waals surface area contributed by atoms with Crippen LogP contribution in [0.1, 0.15) is 13.8 Å². The van der Waals surface area contributed by atoms with E-state index in [9.17, 15) is 26.7 Å². The minimum absolute atomic E-state index is 0.229. The van der Waals surface area contributed by atoms with Gasteiger partial charge in [0.2, 0.25) is 0 Å². The van der Waals surface area contributed by atoms with Crippen molar-refractivity contribution in [2.75, 3.05) is 26.2 Å². The van der Waals surface area contributed by atoms with Crippen molar-refractivity contribution in [3.8, 4) is 0 Å². The number of hydrogen-bond acceptors (Lipinski definition) is 2. The molecular formula is C9H15F5N2O. The Morgan fingerprint density at radius 1 is 1.12 bits per heavy atom. The van der Waals surface area contributed by atoms with Gasteiger partial charge < -0.3 is 10.2 Å². The standard InChI is InChI=1S/C9H15F5N2O/c1-3-16(4-2)6-5-15-7(17)8(10,11)9(12,13)14/h3-6H2,1-2H3,(H,15,17). The topological polar surface area (TPSA) is 32.3 Å². The molecule has 0 saturated heterocycles. The first kappa shape index (κ1) is 16.1. The molecule has 0 radical (unpaired) electrons. The van der Waals surface area contributed by atoms with E-state index in [0.29, 0.717) is 13.1 Å². The summed E-state index contributed by atoms with van der Waals surface area (Å²) in [6.45, 7) is 4.87. The molecule has 0 fully saturated rings. The highest BCUT2D eigenvalue weighted by molar-refractivity contribution is 5.84. The molecule has 1 amide bonds. The zero-order valence-electron chi connectivity index (χ0n) is 9.57. The number of carbonyl (C=O) groups is 1. The molecule has 0 aromatic rings. The van der Waals surface area contributed by atoms with Crippen LogP contribution in [0, 0.1) is 0 Å². The molecule has 8 heteroatoms. The summed E-state index contributed by atoms with van der Waals surface area (Å²) in [5.41, 5.74) is 0. The van der Waals surface area contributed by atoms with E-state index in [1.54, 1.807) is 10.2 Å². The fourth-order valence-electron chi connectivity index (χ4n) is 1.11. The number of halogens is 5. The second-order valence-electron chi connectivity index (χ2n) is 3.35. The van der Waals surface area contributed by atoms with E-state index < -0.39 is 18.0 Å². The predicted octanol–water partition coefficient (Wildman–Crippen LogP) is 1.64. The van der Waals surface area contributed by atoms with E-state index in [1.165, 1.54) is 0 Å². The monoisotopic (exact) mass is 262 g/mol. The number of alkyl halides is 5. The first-order valence-electron chi connectivity index (χ1n) is 5.12. The summed E-state index contributed by atoms with van der Waals surface area (Å²) in [5.74, 6) is -7.65. The van der Waals surface area contributed by atoms with E-state index in [2.05, 4.69) is 0 Å². The van der Waals surface area contributed by atoms with Crippen LogP contribution in [0.15, 0.2) is 0 Å². The smallest absolute Gasteiger partial charge is 0.349 e. The maximum absolute atomic E-state index is 12.5. The van der Waals surface area contributed by atoms with E-state index in [0.717, 1.165) is 0 Å². The van der Waals surface area contributed by atoms with Gasteiger partial charge in [0.25, 0.3) is 5.91 Å². The summed E-state index contributed by atoms with van der Waals surface area (Å²) >= 11 is 0. The third-order valence-electron chi connectivity index (χ3n) is 2.25. The van der Waals surface area contributed by atoms with E-state index in [-0.39, 0.29) is 13.1 Å². The van der Waals surface area contributed by atoms with Crippen LogP contribution in [0.4, 0.5) is 22.0 Å². The molecular weight excluding hydrogens is 247 g/mol. The molecule has 3 nitrogen and oxygen atoms in total. The summed E-state index contributed by atoms with van der Waals surface area (Å²) in [7, 11) is 0. The van der Waals surface area contributed by atoms with Gasteiger partial charge in [-0.2, -0.15) is 22.0 Å². The van der Waals surface area contributed by atoms with Crippen LogP contribution in [0.3, 0.4) is 0 Å². The number of nitrogens with one attached hydrogen (secondary N) is 1. The highest BCUT2D eigenvalue weighted by Crippen LogP contribution is 2.35. The van der Waals surface area contributed by atoms with Crippen molar-refractivity contribution in [1.82, 2.24) is 10.2 Å². The van der Waals surface area contributed by atoms with Gasteiger partial charge in [0, 0.05) is 13.1 Å². The van der Waals surface area contributed by atoms with Crippen LogP contribution < -0.4 is 5.32 Å². The largest absolute Gasteiger partial charge is 0.463 e. The summed E-state index contributed by atoms with van der Waals surface area (Å²) in [5, 5.41) is 1.58. The zero-order chi connectivity index (χ0) is 13.7. The summed E-state index contributed by atoms with van der Waals surface area (Å²) in [4.78, 5) is 12.5. The summed E-state index contributed by atoms with van der Waals surface area (Å²) in [6.07, 6.45) is -5.85. The average molecular weight is 262 g/mol. The number of carbonyl (C=O) groups excluding carboxylic acids is 1. The number of nitrogens with zero attached hydrogens (tertiary/aromatic N) is 1. The second-order valence-corrected chi connectivity index (χ2v) is 3.35. The fraction of sp³-hybridized carbons (Fsp3) is 0.889. The van der Waals surface area contributed by atoms with Gasteiger partial charge in [0.15, 0.2) is 0 Å². The van der Waals surface area contributed by atoms with Crippen LogP contribution in [0.2, 0.25) is 0 Å². The van der Waals surface area contributed by atoms with Crippen molar-refractivity contribution in [1.29, 1.82) is 0 Å². The van der Waals surface area contributed by atoms with Gasteiger partial charge in [0.1, 0.15) is 0 Å². The Morgan fingerprint density at radius 3 is 1.94 bits per heavy atom. The van der Waals surface area contributed by atoms with Crippen LogP contribution in [0.25, 0.3) is 0 Å². The lowest BCUT2D eigenvalue weighted by Crippen LogP contribution is -2.51. The molecule has 0 atom stereocenters. The average Bonchev–Trinajstić information content (AvgIpc) is 2.22. The number of hydrogen-bond donors (Lipinski definition) is 1. The van der Waals surface area contributed by atoms with Gasteiger partial charge in [-0.25, -0.2) is 0 Å². The number of likely N-dealkylation sites (N-methyl/N-ethyl adjacent to an activating group) is 1. The highest BCUT2D eigenvalue weighted by Gasteiger charge is 2.63. The van der Waals surface area contributed by atoms with E-state index in [4.69, 9.17) is 0 Å². The molecule has 0 aromatic heterocycles. The van der Waals surface area contributed by atoms with Crippen LogP contribution in [0.5, 0.6) is 0 Å². The minimum Gasteiger partial charge on any atom is -0.349 e. The molecule has 0 aromatic carbocycles. The molecule has 0 aliphatic rings. The Kier molecular flexibility index (Phi) is 5.80. The van der Waals surface area contributed by atoms with E-state index >= 15 is 0 Å². The molecule has 0 saturated carbocycles. The normalized spacial score (nSPS) is 12.9. The van der Waals surface area contributed by atoms with Crippen molar-refractivity contribution in [2.45, 2.75) is 25.9 Å². The van der Waals surface area contributed by atoms with Gasteiger partial charge in [-0.15, -0.1) is 0 Å². The third kappa shape index (κ3) is 4.45. The fourth-order valence-corrected chi connectivity index (χ4v) is 1.11. The van der Waals surface area contributed by atoms with Crippen LogP contribution >= 0.6 is 0 Å². The van der Waals surface area contributed by atoms with Gasteiger partial charge in [-0.3, -0.25) is 4.79 Å². The molecule has 0 bridgehead atoms. The summed E-state index contributed by atoms with van der Waals surface area (Å²) in [6, 6.07) is 0. The Bertz CT molecular complexity index is 250. The van der Waals surface area contributed by atoms with Crippen LogP contribution in [-0.2, 0) is 4.79 Å². The molecule has 0 rings (SSSR count). The SMILES string of the molecule is CCN(CC)CCNC(=O)C(F)(F)C(F)(F)F. The van der Waals surface area contributed by atoms with Crippen LogP contribution in [-0.4, -0.2) is 49.1 Å². The molecule has 0 aliphatic heterocycles. The quantitative estimate of drug-likeness (QED) is 0.738. The summed E-state index contributed by atoms with van der Waals surface area (Å²) < 4.78 is 60.3. The van der Waals surface area contributed by atoms with E-state index in [1.807, 2.05) is 13.8 Å². The predicted molar refractivity (Wildman–Crippen MR) is 51.8 cm³/mol. The van der Waals surface area contributed by atoms with Crippen molar-refractivity contribution >= 4 is 5.91 Å². The highest BCUT2D eigenvalue weighted by atomic mass is 19.4. The molecule has 0 unspecified atom stereocenters. The lowest BCUT2D eigenvalue weighted by molar-refractivity contribution is -0.269. The number of amides is 1. The number of rotatable bonds is 6. The Balaban J connectivity index is 4.20. The van der Waals surface area contributed by atoms with Gasteiger partial charge in [0.05, 0.1) is 0 Å². The lowest BCUT2D eigenvalue weighted by Gasteiger charge is -2.21. The molecule has 1 N–H and O–H groups in total.